The van der Waals surface area contributed by atoms with Crippen LogP contribution in [-0.4, -0.2) is 22.4 Å². The van der Waals surface area contributed by atoms with Crippen LogP contribution in [0.25, 0.3) is 0 Å². The fraction of sp³-hybridized carbons (Fsp3) is 0.812. The number of rotatable bonds is 6. The second kappa shape index (κ2) is 7.08. The summed E-state index contributed by atoms with van der Waals surface area (Å²) in [4.78, 5) is 0. The van der Waals surface area contributed by atoms with Gasteiger partial charge in [0.25, 0.3) is 0 Å². The number of hydrogen-bond acceptors (Lipinski definition) is 2. The van der Waals surface area contributed by atoms with E-state index >= 15 is 0 Å². The summed E-state index contributed by atoms with van der Waals surface area (Å²) in [5.74, 6) is 1.61. The maximum atomic E-state index is 4.53. The summed E-state index contributed by atoms with van der Waals surface area (Å²) in [6.45, 7) is 7.66. The van der Waals surface area contributed by atoms with Crippen molar-refractivity contribution in [2.75, 3.05) is 6.54 Å². The lowest BCUT2D eigenvalue weighted by molar-refractivity contribution is 0.307. The summed E-state index contributed by atoms with van der Waals surface area (Å²) < 4.78 is 3.25. The molecular formula is C16H28BrN3. The van der Waals surface area contributed by atoms with Crippen molar-refractivity contribution in [2.45, 2.75) is 58.9 Å². The van der Waals surface area contributed by atoms with Crippen molar-refractivity contribution in [2.24, 2.45) is 18.9 Å². The molecule has 0 amide bonds. The Morgan fingerprint density at radius 3 is 2.50 bits per heavy atom. The van der Waals surface area contributed by atoms with Gasteiger partial charge in [-0.2, -0.15) is 5.10 Å². The van der Waals surface area contributed by atoms with Gasteiger partial charge in [0.15, 0.2) is 0 Å². The van der Waals surface area contributed by atoms with Crippen LogP contribution in [0.15, 0.2) is 4.47 Å². The molecule has 1 aliphatic carbocycles. The molecule has 0 bridgehead atoms. The standard InChI is InChI=1S/C16H28BrN3/c1-11(2)18-10-14(13-7-5-6-8-13)9-15-16(17)12(3)19-20(15)4/h11,13-14,18H,5-10H2,1-4H3. The van der Waals surface area contributed by atoms with E-state index in [9.17, 15) is 0 Å². The molecule has 0 aliphatic heterocycles. The highest BCUT2D eigenvalue weighted by molar-refractivity contribution is 9.10. The van der Waals surface area contributed by atoms with Crippen molar-refractivity contribution in [3.8, 4) is 0 Å². The Hall–Kier alpha value is -0.350. The molecule has 1 saturated carbocycles. The van der Waals surface area contributed by atoms with Crippen molar-refractivity contribution in [1.29, 1.82) is 0 Å². The van der Waals surface area contributed by atoms with Crippen molar-refractivity contribution in [3.05, 3.63) is 15.9 Å². The van der Waals surface area contributed by atoms with E-state index in [-0.39, 0.29) is 0 Å². The van der Waals surface area contributed by atoms with Crippen LogP contribution in [-0.2, 0) is 13.5 Å². The average Bonchev–Trinajstić information content (AvgIpc) is 2.98. The smallest absolute Gasteiger partial charge is 0.0738 e. The van der Waals surface area contributed by atoms with Gasteiger partial charge in [-0.3, -0.25) is 4.68 Å². The van der Waals surface area contributed by atoms with E-state index in [1.807, 2.05) is 0 Å². The van der Waals surface area contributed by atoms with E-state index < -0.39 is 0 Å². The highest BCUT2D eigenvalue weighted by Crippen LogP contribution is 2.34. The van der Waals surface area contributed by atoms with Gasteiger partial charge in [0.05, 0.1) is 15.9 Å². The Bertz CT molecular complexity index is 433. The van der Waals surface area contributed by atoms with Gasteiger partial charge in [-0.1, -0.05) is 39.5 Å². The van der Waals surface area contributed by atoms with Gasteiger partial charge >= 0.3 is 0 Å². The van der Waals surface area contributed by atoms with E-state index in [4.69, 9.17) is 0 Å². The Balaban J connectivity index is 2.09. The highest BCUT2D eigenvalue weighted by Gasteiger charge is 2.27. The minimum atomic E-state index is 0.565. The molecule has 0 radical (unpaired) electrons. The number of nitrogens with zero attached hydrogens (tertiary/aromatic N) is 2. The third-order valence-corrected chi connectivity index (χ3v) is 5.60. The molecule has 2 rings (SSSR count). The summed E-state index contributed by atoms with van der Waals surface area (Å²) in [6, 6.07) is 0.565. The molecule has 20 heavy (non-hydrogen) atoms. The molecule has 0 aromatic carbocycles. The molecule has 1 N–H and O–H groups in total. The number of nitrogens with one attached hydrogen (secondary N) is 1. The maximum Gasteiger partial charge on any atom is 0.0738 e. The summed E-state index contributed by atoms with van der Waals surface area (Å²) in [5, 5.41) is 8.18. The van der Waals surface area contributed by atoms with Crippen LogP contribution in [0.3, 0.4) is 0 Å². The first kappa shape index (κ1) is 16.0. The van der Waals surface area contributed by atoms with Crippen molar-refractivity contribution >= 4 is 15.9 Å². The van der Waals surface area contributed by atoms with Gasteiger partial charge in [0.1, 0.15) is 0 Å². The van der Waals surface area contributed by atoms with Crippen LogP contribution in [0.4, 0.5) is 0 Å². The molecule has 1 heterocycles. The van der Waals surface area contributed by atoms with Gasteiger partial charge in [-0.25, -0.2) is 0 Å². The largest absolute Gasteiger partial charge is 0.314 e. The normalized spacial score (nSPS) is 18.1. The van der Waals surface area contributed by atoms with Gasteiger partial charge < -0.3 is 5.32 Å². The maximum absolute atomic E-state index is 4.53. The number of aromatic nitrogens is 2. The zero-order valence-corrected chi connectivity index (χ0v) is 14.8. The van der Waals surface area contributed by atoms with E-state index in [0.717, 1.165) is 30.5 Å². The molecular weight excluding hydrogens is 314 g/mol. The highest BCUT2D eigenvalue weighted by atomic mass is 79.9. The number of halogens is 1. The van der Waals surface area contributed by atoms with Gasteiger partial charge in [0, 0.05) is 13.1 Å². The molecule has 1 aliphatic rings. The van der Waals surface area contributed by atoms with Crippen LogP contribution >= 0.6 is 15.9 Å². The third-order valence-electron chi connectivity index (χ3n) is 4.57. The van der Waals surface area contributed by atoms with E-state index in [0.29, 0.717) is 6.04 Å². The Morgan fingerprint density at radius 1 is 1.35 bits per heavy atom. The van der Waals surface area contributed by atoms with Crippen LogP contribution in [0.1, 0.15) is 50.9 Å². The summed E-state index contributed by atoms with van der Waals surface area (Å²) >= 11 is 3.71. The lowest BCUT2D eigenvalue weighted by atomic mass is 9.86. The minimum absolute atomic E-state index is 0.565. The summed E-state index contributed by atoms with van der Waals surface area (Å²) in [6.07, 6.45) is 6.75. The molecule has 1 unspecified atom stereocenters. The second-order valence-electron chi connectivity index (χ2n) is 6.54. The molecule has 1 aromatic rings. The van der Waals surface area contributed by atoms with Crippen molar-refractivity contribution in [3.63, 3.8) is 0 Å². The zero-order chi connectivity index (χ0) is 14.7. The monoisotopic (exact) mass is 341 g/mol. The van der Waals surface area contributed by atoms with Crippen molar-refractivity contribution < 1.29 is 0 Å². The average molecular weight is 342 g/mol. The fourth-order valence-electron chi connectivity index (χ4n) is 3.37. The molecule has 1 aromatic heterocycles. The topological polar surface area (TPSA) is 29.9 Å². The van der Waals surface area contributed by atoms with Crippen LogP contribution < -0.4 is 5.32 Å². The van der Waals surface area contributed by atoms with E-state index in [2.05, 4.69) is 58.8 Å². The predicted octanol–water partition coefficient (Wildman–Crippen LogP) is 3.84. The molecule has 1 atom stereocenters. The molecule has 1 fully saturated rings. The van der Waals surface area contributed by atoms with Crippen LogP contribution in [0.5, 0.6) is 0 Å². The first-order valence-corrected chi connectivity index (χ1v) is 8.69. The van der Waals surface area contributed by atoms with Crippen molar-refractivity contribution in [1.82, 2.24) is 15.1 Å². The number of hydrogen-bond donors (Lipinski definition) is 1. The molecule has 3 nitrogen and oxygen atoms in total. The molecule has 4 heteroatoms. The zero-order valence-electron chi connectivity index (χ0n) is 13.2. The lowest BCUT2D eigenvalue weighted by Gasteiger charge is -2.25. The van der Waals surface area contributed by atoms with Crippen LogP contribution in [0.2, 0.25) is 0 Å². The van der Waals surface area contributed by atoms with E-state index in [1.54, 1.807) is 0 Å². The van der Waals surface area contributed by atoms with Gasteiger partial charge in [-0.15, -0.1) is 0 Å². The number of aryl methyl sites for hydroxylation is 2. The molecule has 0 saturated heterocycles. The van der Waals surface area contributed by atoms with E-state index in [1.165, 1.54) is 35.8 Å². The van der Waals surface area contributed by atoms with Crippen LogP contribution in [0, 0.1) is 18.8 Å². The first-order chi connectivity index (χ1) is 9.49. The Kier molecular flexibility index (Phi) is 5.67. The summed E-state index contributed by atoms with van der Waals surface area (Å²) in [7, 11) is 2.06. The fourth-order valence-corrected chi connectivity index (χ4v) is 3.87. The molecule has 114 valence electrons. The third kappa shape index (κ3) is 3.85. The first-order valence-electron chi connectivity index (χ1n) is 7.90. The second-order valence-corrected chi connectivity index (χ2v) is 7.33. The predicted molar refractivity (Wildman–Crippen MR) is 87.9 cm³/mol. The SMILES string of the molecule is Cc1nn(C)c(CC(CNC(C)C)C2CCCC2)c1Br. The quantitative estimate of drug-likeness (QED) is 0.851. The van der Waals surface area contributed by atoms with Gasteiger partial charge in [-0.05, 0) is 47.7 Å². The minimum Gasteiger partial charge on any atom is -0.314 e. The Morgan fingerprint density at radius 2 is 2.00 bits per heavy atom. The summed E-state index contributed by atoms with van der Waals surface area (Å²) in [5.41, 5.74) is 2.45. The molecule has 0 spiro atoms. The Labute approximate surface area is 131 Å². The lowest BCUT2D eigenvalue weighted by Crippen LogP contribution is -2.33. The van der Waals surface area contributed by atoms with Gasteiger partial charge in [0.2, 0.25) is 0 Å².